The summed E-state index contributed by atoms with van der Waals surface area (Å²) >= 11 is 1.58. The molecule has 1 atom stereocenters. The van der Waals surface area contributed by atoms with E-state index in [1.54, 1.807) is 17.5 Å². The van der Waals surface area contributed by atoms with Crippen LogP contribution in [0, 0.1) is 13.8 Å². The molecule has 2 aromatic rings. The smallest absolute Gasteiger partial charge is 0.144 e. The van der Waals surface area contributed by atoms with Crippen molar-refractivity contribution >= 4 is 17.2 Å². The third-order valence-corrected chi connectivity index (χ3v) is 3.30. The third-order valence-electron chi connectivity index (χ3n) is 2.60. The summed E-state index contributed by atoms with van der Waals surface area (Å²) in [5.41, 5.74) is 2.76. The number of rotatable bonds is 4. The maximum atomic E-state index is 9.89. The van der Waals surface area contributed by atoms with Crippen LogP contribution in [-0.2, 0) is 0 Å². The monoisotopic (exact) mass is 249 g/mol. The van der Waals surface area contributed by atoms with Gasteiger partial charge < -0.3 is 10.4 Å². The van der Waals surface area contributed by atoms with Gasteiger partial charge in [0.25, 0.3) is 0 Å². The van der Waals surface area contributed by atoms with Crippen molar-refractivity contribution in [3.05, 3.63) is 40.0 Å². The molecule has 2 heterocycles. The summed E-state index contributed by atoms with van der Waals surface area (Å²) in [6.07, 6.45) is 1.17. The molecule has 0 radical (unpaired) electrons. The van der Waals surface area contributed by atoms with Gasteiger partial charge in [-0.1, -0.05) is 0 Å². The van der Waals surface area contributed by atoms with Crippen molar-refractivity contribution in [3.63, 3.8) is 0 Å². The second kappa shape index (κ2) is 5.25. The summed E-state index contributed by atoms with van der Waals surface area (Å²) < 4.78 is 0. The van der Waals surface area contributed by atoms with E-state index in [0.717, 1.165) is 17.0 Å². The zero-order valence-electron chi connectivity index (χ0n) is 9.84. The average molecular weight is 249 g/mol. The first-order valence-electron chi connectivity index (χ1n) is 5.41. The summed E-state index contributed by atoms with van der Waals surface area (Å²) in [6, 6.07) is 1.92. The largest absolute Gasteiger partial charge is 0.387 e. The number of hydrogen-bond donors (Lipinski definition) is 2. The van der Waals surface area contributed by atoms with E-state index < -0.39 is 6.10 Å². The van der Waals surface area contributed by atoms with Gasteiger partial charge in [0.2, 0.25) is 0 Å². The van der Waals surface area contributed by atoms with Crippen LogP contribution in [0.4, 0.5) is 5.82 Å². The maximum absolute atomic E-state index is 9.89. The fourth-order valence-corrected chi connectivity index (χ4v) is 2.12. The van der Waals surface area contributed by atoms with Crippen LogP contribution in [0.25, 0.3) is 0 Å². The molecule has 2 N–H and O–H groups in total. The normalized spacial score (nSPS) is 12.4. The Morgan fingerprint density at radius 3 is 2.88 bits per heavy atom. The number of hydrogen-bond acceptors (Lipinski definition) is 5. The molecule has 0 amide bonds. The minimum absolute atomic E-state index is 0.438. The molecule has 2 aromatic heterocycles. The summed E-state index contributed by atoms with van der Waals surface area (Å²) in [6.45, 7) is 4.28. The van der Waals surface area contributed by atoms with Gasteiger partial charge in [-0.15, -0.1) is 0 Å². The standard InChI is InChI=1S/C12H15N3OS/c1-8-9(2)15-12(6-13-8)14-5-11(16)10-3-4-17-7-10/h3-4,6-7,11,16H,5H2,1-2H3,(H,14,15). The predicted octanol–water partition coefficient (Wildman–Crippen LogP) is 2.30. The predicted molar refractivity (Wildman–Crippen MR) is 69.3 cm³/mol. The van der Waals surface area contributed by atoms with Crippen LogP contribution in [-0.4, -0.2) is 21.6 Å². The van der Waals surface area contributed by atoms with Gasteiger partial charge in [0.1, 0.15) is 5.82 Å². The number of aliphatic hydroxyl groups excluding tert-OH is 1. The Bertz CT molecular complexity index is 485. The number of aryl methyl sites for hydroxylation is 2. The van der Waals surface area contributed by atoms with Gasteiger partial charge in [-0.3, -0.25) is 4.98 Å². The number of nitrogens with zero attached hydrogens (tertiary/aromatic N) is 2. The molecule has 5 heteroatoms. The number of nitrogens with one attached hydrogen (secondary N) is 1. The minimum atomic E-state index is -0.510. The van der Waals surface area contributed by atoms with E-state index in [1.807, 2.05) is 30.7 Å². The van der Waals surface area contributed by atoms with E-state index in [2.05, 4.69) is 15.3 Å². The van der Waals surface area contributed by atoms with Crippen LogP contribution in [0.1, 0.15) is 23.1 Å². The lowest BCUT2D eigenvalue weighted by Crippen LogP contribution is -2.13. The highest BCUT2D eigenvalue weighted by Crippen LogP contribution is 2.16. The highest BCUT2D eigenvalue weighted by Gasteiger charge is 2.08. The second-order valence-corrected chi connectivity index (χ2v) is 4.66. The highest BCUT2D eigenvalue weighted by atomic mass is 32.1. The Morgan fingerprint density at radius 1 is 1.41 bits per heavy atom. The van der Waals surface area contributed by atoms with Gasteiger partial charge in [-0.2, -0.15) is 11.3 Å². The SMILES string of the molecule is Cc1ncc(NCC(O)c2ccsc2)nc1C. The van der Waals surface area contributed by atoms with Crippen LogP contribution in [0.2, 0.25) is 0 Å². The van der Waals surface area contributed by atoms with Crippen molar-refractivity contribution in [3.8, 4) is 0 Å². The molecular formula is C12H15N3OS. The zero-order valence-corrected chi connectivity index (χ0v) is 10.7. The van der Waals surface area contributed by atoms with Crippen molar-refractivity contribution < 1.29 is 5.11 Å². The molecule has 0 saturated carbocycles. The Hall–Kier alpha value is -1.46. The zero-order chi connectivity index (χ0) is 12.3. The molecule has 1 unspecified atom stereocenters. The van der Waals surface area contributed by atoms with Crippen molar-refractivity contribution in [2.75, 3.05) is 11.9 Å². The topological polar surface area (TPSA) is 58.0 Å². The lowest BCUT2D eigenvalue weighted by Gasteiger charge is -2.11. The average Bonchev–Trinajstić information content (AvgIpc) is 2.84. The first kappa shape index (κ1) is 12.0. The lowest BCUT2D eigenvalue weighted by molar-refractivity contribution is 0.192. The summed E-state index contributed by atoms with van der Waals surface area (Å²) in [4.78, 5) is 8.56. The molecular weight excluding hydrogens is 234 g/mol. The Morgan fingerprint density at radius 2 is 2.24 bits per heavy atom. The number of aromatic nitrogens is 2. The van der Waals surface area contributed by atoms with Gasteiger partial charge in [0.15, 0.2) is 0 Å². The molecule has 0 aliphatic heterocycles. The summed E-state index contributed by atoms with van der Waals surface area (Å²) in [5, 5.41) is 16.9. The first-order chi connectivity index (χ1) is 8.16. The molecule has 0 bridgehead atoms. The van der Waals surface area contributed by atoms with Crippen LogP contribution >= 0.6 is 11.3 Å². The molecule has 2 rings (SSSR count). The van der Waals surface area contributed by atoms with Crippen LogP contribution in [0.5, 0.6) is 0 Å². The molecule has 90 valence electrons. The van der Waals surface area contributed by atoms with Crippen LogP contribution < -0.4 is 5.32 Å². The van der Waals surface area contributed by atoms with E-state index in [9.17, 15) is 5.11 Å². The summed E-state index contributed by atoms with van der Waals surface area (Å²) in [7, 11) is 0. The number of anilines is 1. The van der Waals surface area contributed by atoms with Crippen molar-refractivity contribution in [2.45, 2.75) is 20.0 Å². The van der Waals surface area contributed by atoms with Crippen LogP contribution in [0.3, 0.4) is 0 Å². The van der Waals surface area contributed by atoms with Gasteiger partial charge in [0.05, 0.1) is 23.7 Å². The van der Waals surface area contributed by atoms with E-state index in [-0.39, 0.29) is 0 Å². The van der Waals surface area contributed by atoms with Gasteiger partial charge in [-0.25, -0.2) is 4.98 Å². The molecule has 17 heavy (non-hydrogen) atoms. The number of aliphatic hydroxyl groups is 1. The number of thiophene rings is 1. The molecule has 0 aliphatic carbocycles. The third kappa shape index (κ3) is 3.01. The minimum Gasteiger partial charge on any atom is -0.387 e. The van der Waals surface area contributed by atoms with Crippen molar-refractivity contribution in [2.24, 2.45) is 0 Å². The quantitative estimate of drug-likeness (QED) is 0.873. The fourth-order valence-electron chi connectivity index (χ4n) is 1.41. The summed E-state index contributed by atoms with van der Waals surface area (Å²) in [5.74, 6) is 0.697. The second-order valence-electron chi connectivity index (χ2n) is 3.88. The van der Waals surface area contributed by atoms with E-state index in [1.165, 1.54) is 0 Å². The Labute approximate surface area is 104 Å². The fraction of sp³-hybridized carbons (Fsp3) is 0.333. The Kier molecular flexibility index (Phi) is 3.71. The molecule has 0 fully saturated rings. The molecule has 4 nitrogen and oxygen atoms in total. The molecule has 0 aliphatic rings. The van der Waals surface area contributed by atoms with Gasteiger partial charge in [0, 0.05) is 6.54 Å². The van der Waals surface area contributed by atoms with Crippen LogP contribution in [0.15, 0.2) is 23.0 Å². The van der Waals surface area contributed by atoms with Gasteiger partial charge >= 0.3 is 0 Å². The van der Waals surface area contributed by atoms with Crippen molar-refractivity contribution in [1.29, 1.82) is 0 Å². The maximum Gasteiger partial charge on any atom is 0.144 e. The highest BCUT2D eigenvalue weighted by molar-refractivity contribution is 7.07. The molecule has 0 spiro atoms. The van der Waals surface area contributed by atoms with E-state index >= 15 is 0 Å². The van der Waals surface area contributed by atoms with Crippen molar-refractivity contribution in [1.82, 2.24) is 9.97 Å². The Balaban J connectivity index is 1.96. The van der Waals surface area contributed by atoms with E-state index in [0.29, 0.717) is 12.4 Å². The van der Waals surface area contributed by atoms with E-state index in [4.69, 9.17) is 0 Å². The van der Waals surface area contributed by atoms with Gasteiger partial charge in [-0.05, 0) is 36.2 Å². The molecule has 0 aromatic carbocycles. The first-order valence-corrected chi connectivity index (χ1v) is 6.35. The lowest BCUT2D eigenvalue weighted by atomic mass is 10.2. The molecule has 0 saturated heterocycles.